The van der Waals surface area contributed by atoms with Gasteiger partial charge in [0.2, 0.25) is 0 Å². The van der Waals surface area contributed by atoms with E-state index in [-0.39, 0.29) is 5.91 Å². The van der Waals surface area contributed by atoms with Crippen LogP contribution in [-0.2, 0) is 12.8 Å². The van der Waals surface area contributed by atoms with E-state index >= 15 is 0 Å². The maximum Gasteiger partial charge on any atom is 0.292 e. The zero-order valence-corrected chi connectivity index (χ0v) is 17.8. The molecule has 7 nitrogen and oxygen atoms in total. The van der Waals surface area contributed by atoms with Crippen LogP contribution in [0, 0.1) is 0 Å². The average molecular weight is 418 g/mol. The van der Waals surface area contributed by atoms with Gasteiger partial charge in [0.05, 0.1) is 25.6 Å². The van der Waals surface area contributed by atoms with Crippen molar-refractivity contribution in [2.45, 2.75) is 32.6 Å². The van der Waals surface area contributed by atoms with Gasteiger partial charge in [-0.05, 0) is 49.9 Å². The first-order valence-electron chi connectivity index (χ1n) is 10.5. The summed E-state index contributed by atoms with van der Waals surface area (Å²) in [6.45, 7) is 2.60. The third-order valence-electron chi connectivity index (χ3n) is 5.20. The molecular weight excluding hydrogens is 392 g/mol. The maximum absolute atomic E-state index is 12.9. The van der Waals surface area contributed by atoms with Crippen LogP contribution in [0.4, 0.5) is 0 Å². The molecule has 0 aliphatic heterocycles. The number of nitrogens with one attached hydrogen (secondary N) is 1. The summed E-state index contributed by atoms with van der Waals surface area (Å²) >= 11 is 0. The molecule has 160 valence electrons. The van der Waals surface area contributed by atoms with Crippen molar-refractivity contribution in [1.82, 2.24) is 15.2 Å². The SMILES string of the molecule is CCCOc1c(/C=N/NC(=O)c2nn(-c3ccccc3)c3c2CCC3)cccc1OC. The molecular formula is C24H26N4O3. The number of ether oxygens (including phenoxy) is 2. The first-order chi connectivity index (χ1) is 15.2. The highest BCUT2D eigenvalue weighted by atomic mass is 16.5. The lowest BCUT2D eigenvalue weighted by Crippen LogP contribution is -2.20. The molecule has 1 aliphatic rings. The van der Waals surface area contributed by atoms with Gasteiger partial charge in [-0.15, -0.1) is 0 Å². The van der Waals surface area contributed by atoms with Crippen molar-refractivity contribution in [3.8, 4) is 17.2 Å². The quantitative estimate of drug-likeness (QED) is 0.444. The van der Waals surface area contributed by atoms with Crippen LogP contribution in [0.2, 0.25) is 0 Å². The predicted molar refractivity (Wildman–Crippen MR) is 119 cm³/mol. The van der Waals surface area contributed by atoms with E-state index in [2.05, 4.69) is 15.6 Å². The molecule has 0 bridgehead atoms. The topological polar surface area (TPSA) is 77.7 Å². The van der Waals surface area contributed by atoms with E-state index in [1.807, 2.05) is 60.1 Å². The van der Waals surface area contributed by atoms with Crippen molar-refractivity contribution in [3.05, 3.63) is 71.0 Å². The lowest BCUT2D eigenvalue weighted by Gasteiger charge is -2.12. The molecule has 7 heteroatoms. The zero-order chi connectivity index (χ0) is 21.6. The fraction of sp³-hybridized carbons (Fsp3) is 0.292. The van der Waals surface area contributed by atoms with Crippen LogP contribution in [-0.4, -0.2) is 35.6 Å². The van der Waals surface area contributed by atoms with E-state index in [4.69, 9.17) is 9.47 Å². The average Bonchev–Trinajstić information content (AvgIpc) is 3.41. The number of carbonyl (C=O) groups is 1. The number of hydrogen-bond acceptors (Lipinski definition) is 5. The fourth-order valence-electron chi connectivity index (χ4n) is 3.77. The molecule has 0 unspecified atom stereocenters. The van der Waals surface area contributed by atoms with Gasteiger partial charge in [-0.2, -0.15) is 10.2 Å². The van der Waals surface area contributed by atoms with E-state index < -0.39 is 0 Å². The minimum Gasteiger partial charge on any atom is -0.493 e. The molecule has 0 spiro atoms. The van der Waals surface area contributed by atoms with Gasteiger partial charge in [-0.25, -0.2) is 10.1 Å². The number of aromatic nitrogens is 2. The second-order valence-corrected chi connectivity index (χ2v) is 7.30. The second-order valence-electron chi connectivity index (χ2n) is 7.30. The van der Waals surface area contributed by atoms with Gasteiger partial charge in [-0.1, -0.05) is 31.2 Å². The van der Waals surface area contributed by atoms with Crippen molar-refractivity contribution in [1.29, 1.82) is 0 Å². The number of carbonyl (C=O) groups excluding carboxylic acids is 1. The summed E-state index contributed by atoms with van der Waals surface area (Å²) in [7, 11) is 1.60. The first kappa shape index (κ1) is 20.7. The number of benzene rings is 2. The Bertz CT molecular complexity index is 1090. The molecule has 1 N–H and O–H groups in total. The van der Waals surface area contributed by atoms with Gasteiger partial charge < -0.3 is 9.47 Å². The lowest BCUT2D eigenvalue weighted by atomic mass is 10.2. The minimum atomic E-state index is -0.317. The number of methoxy groups -OCH3 is 1. The third kappa shape index (κ3) is 4.30. The number of amides is 1. The van der Waals surface area contributed by atoms with Crippen molar-refractivity contribution >= 4 is 12.1 Å². The molecule has 4 rings (SSSR count). The Kier molecular flexibility index (Phi) is 6.31. The summed E-state index contributed by atoms with van der Waals surface area (Å²) in [6, 6.07) is 15.4. The normalized spacial score (nSPS) is 12.7. The molecule has 0 atom stereocenters. The Morgan fingerprint density at radius 3 is 2.81 bits per heavy atom. The van der Waals surface area contributed by atoms with Crippen LogP contribution in [0.3, 0.4) is 0 Å². The van der Waals surface area contributed by atoms with Gasteiger partial charge in [0.1, 0.15) is 0 Å². The highest BCUT2D eigenvalue weighted by Crippen LogP contribution is 2.30. The van der Waals surface area contributed by atoms with Crippen molar-refractivity contribution in [2.24, 2.45) is 5.10 Å². The van der Waals surface area contributed by atoms with E-state index in [9.17, 15) is 4.79 Å². The molecule has 1 aliphatic carbocycles. The van der Waals surface area contributed by atoms with E-state index in [1.54, 1.807) is 13.3 Å². The highest BCUT2D eigenvalue weighted by molar-refractivity contribution is 5.95. The Balaban J connectivity index is 1.55. The molecule has 1 heterocycles. The first-order valence-corrected chi connectivity index (χ1v) is 10.5. The van der Waals surface area contributed by atoms with Crippen LogP contribution >= 0.6 is 0 Å². The molecule has 1 amide bonds. The Morgan fingerprint density at radius 2 is 2.03 bits per heavy atom. The smallest absolute Gasteiger partial charge is 0.292 e. The maximum atomic E-state index is 12.9. The number of para-hydroxylation sites is 2. The van der Waals surface area contributed by atoms with Crippen molar-refractivity contribution in [3.63, 3.8) is 0 Å². The van der Waals surface area contributed by atoms with Gasteiger partial charge >= 0.3 is 0 Å². The van der Waals surface area contributed by atoms with E-state index in [0.717, 1.165) is 48.2 Å². The van der Waals surface area contributed by atoms with E-state index in [0.29, 0.717) is 23.8 Å². The molecule has 0 radical (unpaired) electrons. The zero-order valence-electron chi connectivity index (χ0n) is 17.8. The number of hydrazone groups is 1. The minimum absolute atomic E-state index is 0.317. The van der Waals surface area contributed by atoms with Gasteiger partial charge in [0.15, 0.2) is 17.2 Å². The van der Waals surface area contributed by atoms with Crippen LogP contribution in [0.5, 0.6) is 11.5 Å². The second kappa shape index (κ2) is 9.47. The number of fused-ring (bicyclic) bond motifs is 1. The van der Waals surface area contributed by atoms with Crippen molar-refractivity contribution < 1.29 is 14.3 Å². The summed E-state index contributed by atoms with van der Waals surface area (Å²) in [5.41, 5.74) is 6.84. The Morgan fingerprint density at radius 1 is 1.19 bits per heavy atom. The summed E-state index contributed by atoms with van der Waals surface area (Å²) in [5, 5.41) is 8.76. The molecule has 0 saturated heterocycles. The van der Waals surface area contributed by atoms with Crippen LogP contribution < -0.4 is 14.9 Å². The fourth-order valence-corrected chi connectivity index (χ4v) is 3.77. The molecule has 0 fully saturated rings. The van der Waals surface area contributed by atoms with E-state index in [1.165, 1.54) is 0 Å². The summed E-state index contributed by atoms with van der Waals surface area (Å²) < 4.78 is 13.1. The Labute approximate surface area is 181 Å². The molecule has 3 aromatic rings. The Hall–Kier alpha value is -3.61. The van der Waals surface area contributed by atoms with Gasteiger partial charge in [-0.3, -0.25) is 4.79 Å². The standard InChI is InChI=1S/C24H26N4O3/c1-3-15-31-23-17(9-7-14-21(23)30-2)16-25-26-24(29)22-19-12-8-13-20(19)28(27-22)18-10-5-4-6-11-18/h4-7,9-11,14,16H,3,8,12-13,15H2,1-2H3,(H,26,29)/b25-16+. The largest absolute Gasteiger partial charge is 0.493 e. The van der Waals surface area contributed by atoms with Crippen LogP contribution in [0.15, 0.2) is 53.6 Å². The van der Waals surface area contributed by atoms with Crippen LogP contribution in [0.1, 0.15) is 47.1 Å². The van der Waals surface area contributed by atoms with Gasteiger partial charge in [0, 0.05) is 16.8 Å². The highest BCUT2D eigenvalue weighted by Gasteiger charge is 2.26. The molecule has 1 aromatic heterocycles. The summed E-state index contributed by atoms with van der Waals surface area (Å²) in [6.07, 6.45) is 5.22. The van der Waals surface area contributed by atoms with Crippen molar-refractivity contribution in [2.75, 3.05) is 13.7 Å². The summed E-state index contributed by atoms with van der Waals surface area (Å²) in [4.78, 5) is 12.9. The predicted octanol–water partition coefficient (Wildman–Crippen LogP) is 3.92. The third-order valence-corrected chi connectivity index (χ3v) is 5.20. The molecule has 2 aromatic carbocycles. The molecule has 31 heavy (non-hydrogen) atoms. The number of rotatable bonds is 8. The summed E-state index contributed by atoms with van der Waals surface area (Å²) in [5.74, 6) is 0.922. The monoisotopic (exact) mass is 418 g/mol. The number of hydrogen-bond donors (Lipinski definition) is 1. The lowest BCUT2D eigenvalue weighted by molar-refractivity contribution is 0.0949. The number of nitrogens with zero attached hydrogens (tertiary/aromatic N) is 3. The molecule has 0 saturated carbocycles. The van der Waals surface area contributed by atoms with Gasteiger partial charge in [0.25, 0.3) is 5.91 Å². The van der Waals surface area contributed by atoms with Crippen LogP contribution in [0.25, 0.3) is 5.69 Å².